The summed E-state index contributed by atoms with van der Waals surface area (Å²) in [5.74, 6) is -0.424. The summed E-state index contributed by atoms with van der Waals surface area (Å²) in [6, 6.07) is 12.2. The zero-order valence-corrected chi connectivity index (χ0v) is 18.0. The number of sulfone groups is 1. The third kappa shape index (κ3) is 5.67. The predicted molar refractivity (Wildman–Crippen MR) is 115 cm³/mol. The molecular weight excluding hydrogens is 388 g/mol. The summed E-state index contributed by atoms with van der Waals surface area (Å²) in [5, 5.41) is 5.55. The normalized spacial score (nSPS) is 13.4. The monoisotopic (exact) mass is 416 g/mol. The van der Waals surface area contributed by atoms with Crippen molar-refractivity contribution in [2.45, 2.75) is 50.3 Å². The summed E-state index contributed by atoms with van der Waals surface area (Å²) < 4.78 is 25.7. The van der Waals surface area contributed by atoms with Crippen molar-refractivity contribution in [2.24, 2.45) is 11.8 Å². The molecule has 0 saturated carbocycles. The lowest BCUT2D eigenvalue weighted by Crippen LogP contribution is -2.19. The van der Waals surface area contributed by atoms with Gasteiger partial charge in [-0.3, -0.25) is 9.59 Å². The van der Waals surface area contributed by atoms with E-state index in [1.165, 1.54) is 24.3 Å². The van der Waals surface area contributed by atoms with E-state index in [2.05, 4.69) is 10.6 Å². The van der Waals surface area contributed by atoms with Crippen LogP contribution in [0.1, 0.15) is 40.5 Å². The summed E-state index contributed by atoms with van der Waals surface area (Å²) in [5.41, 5.74) is 1.11. The fraction of sp³-hybridized carbons (Fsp3) is 0.364. The summed E-state index contributed by atoms with van der Waals surface area (Å²) in [6.45, 7) is 7.54. The minimum atomic E-state index is -3.70. The Labute approximate surface area is 172 Å². The molecule has 0 fully saturated rings. The van der Waals surface area contributed by atoms with Gasteiger partial charge >= 0.3 is 0 Å². The Morgan fingerprint density at radius 1 is 0.724 bits per heavy atom. The van der Waals surface area contributed by atoms with Gasteiger partial charge in [0.2, 0.25) is 21.7 Å². The molecule has 0 saturated heterocycles. The first-order valence-electron chi connectivity index (χ1n) is 9.76. The number of carbonyl (C=O) groups is 2. The third-order valence-electron chi connectivity index (χ3n) is 4.98. The molecule has 2 aromatic carbocycles. The van der Waals surface area contributed by atoms with Crippen LogP contribution < -0.4 is 10.6 Å². The molecule has 2 atom stereocenters. The van der Waals surface area contributed by atoms with Crippen molar-refractivity contribution in [3.63, 3.8) is 0 Å². The molecule has 6 nitrogen and oxygen atoms in total. The molecule has 156 valence electrons. The number of amides is 2. The quantitative estimate of drug-likeness (QED) is 0.663. The smallest absolute Gasteiger partial charge is 0.227 e. The van der Waals surface area contributed by atoms with Gasteiger partial charge in [0.25, 0.3) is 0 Å². The van der Waals surface area contributed by atoms with Gasteiger partial charge in [0.1, 0.15) is 0 Å². The molecule has 0 aliphatic carbocycles. The first-order valence-corrected chi connectivity index (χ1v) is 11.2. The van der Waals surface area contributed by atoms with Crippen LogP contribution >= 0.6 is 0 Å². The molecule has 2 rings (SSSR count). The molecule has 2 aromatic rings. The molecule has 2 N–H and O–H groups in total. The van der Waals surface area contributed by atoms with Crippen molar-refractivity contribution in [2.75, 3.05) is 10.6 Å². The summed E-state index contributed by atoms with van der Waals surface area (Å²) in [4.78, 5) is 24.2. The maximum absolute atomic E-state index is 12.8. The standard InChI is InChI=1S/C22H28N2O4S/c1-5-15(3)21(25)23-17-7-11-19(12-8-17)29(27,28)20-13-9-18(10-14-20)24-22(26)16(4)6-2/h7-16H,5-6H2,1-4H3,(H,23,25)(H,24,26)/t15-,16-/m0/s1. The van der Waals surface area contributed by atoms with E-state index in [0.717, 1.165) is 12.8 Å². The average Bonchev–Trinajstić information content (AvgIpc) is 2.73. The molecule has 0 aliphatic heterocycles. The van der Waals surface area contributed by atoms with E-state index in [4.69, 9.17) is 0 Å². The molecule has 0 aromatic heterocycles. The van der Waals surface area contributed by atoms with E-state index in [-0.39, 0.29) is 33.4 Å². The molecule has 0 spiro atoms. The van der Waals surface area contributed by atoms with Crippen molar-refractivity contribution < 1.29 is 18.0 Å². The summed E-state index contributed by atoms with van der Waals surface area (Å²) in [6.07, 6.45) is 1.46. The lowest BCUT2D eigenvalue weighted by molar-refractivity contribution is -0.120. The van der Waals surface area contributed by atoms with Crippen LogP contribution in [0.3, 0.4) is 0 Å². The van der Waals surface area contributed by atoms with Gasteiger partial charge in [-0.1, -0.05) is 27.7 Å². The van der Waals surface area contributed by atoms with Gasteiger partial charge in [-0.25, -0.2) is 8.42 Å². The molecule has 29 heavy (non-hydrogen) atoms. The predicted octanol–water partition coefficient (Wildman–Crippen LogP) is 4.49. The second kappa shape index (κ2) is 9.69. The largest absolute Gasteiger partial charge is 0.326 e. The van der Waals surface area contributed by atoms with Crippen molar-refractivity contribution in [3.8, 4) is 0 Å². The first kappa shape index (κ1) is 22.6. The number of nitrogens with one attached hydrogen (secondary N) is 2. The zero-order chi connectivity index (χ0) is 21.6. The van der Waals surface area contributed by atoms with Crippen LogP contribution in [-0.2, 0) is 19.4 Å². The van der Waals surface area contributed by atoms with Crippen LogP contribution in [0.25, 0.3) is 0 Å². The van der Waals surface area contributed by atoms with Crippen LogP contribution in [0.4, 0.5) is 11.4 Å². The Morgan fingerprint density at radius 2 is 1.03 bits per heavy atom. The highest BCUT2D eigenvalue weighted by Gasteiger charge is 2.18. The highest BCUT2D eigenvalue weighted by atomic mass is 32.2. The Hall–Kier alpha value is -2.67. The Kier molecular flexibility index (Phi) is 7.56. The Morgan fingerprint density at radius 3 is 1.31 bits per heavy atom. The zero-order valence-electron chi connectivity index (χ0n) is 17.2. The fourth-order valence-corrected chi connectivity index (χ4v) is 3.73. The SMILES string of the molecule is CC[C@H](C)C(=O)Nc1ccc(S(=O)(=O)c2ccc(NC(=O)[C@@H](C)CC)cc2)cc1. The van der Waals surface area contributed by atoms with Gasteiger partial charge in [-0.05, 0) is 61.4 Å². The molecular formula is C22H28N2O4S. The van der Waals surface area contributed by atoms with Crippen LogP contribution in [0.15, 0.2) is 58.3 Å². The number of hydrogen-bond acceptors (Lipinski definition) is 4. The number of hydrogen-bond donors (Lipinski definition) is 2. The van der Waals surface area contributed by atoms with Gasteiger partial charge in [0, 0.05) is 23.2 Å². The highest BCUT2D eigenvalue weighted by molar-refractivity contribution is 7.91. The van der Waals surface area contributed by atoms with Gasteiger partial charge in [-0.15, -0.1) is 0 Å². The maximum Gasteiger partial charge on any atom is 0.227 e. The van der Waals surface area contributed by atoms with Gasteiger partial charge in [0.05, 0.1) is 9.79 Å². The molecule has 0 unspecified atom stereocenters. The molecule has 0 heterocycles. The van der Waals surface area contributed by atoms with Crippen LogP contribution in [0.5, 0.6) is 0 Å². The number of benzene rings is 2. The van der Waals surface area contributed by atoms with Crippen molar-refractivity contribution in [3.05, 3.63) is 48.5 Å². The van der Waals surface area contributed by atoms with Gasteiger partial charge in [-0.2, -0.15) is 0 Å². The van der Waals surface area contributed by atoms with E-state index >= 15 is 0 Å². The lowest BCUT2D eigenvalue weighted by atomic mass is 10.1. The van der Waals surface area contributed by atoms with Crippen LogP contribution in [0, 0.1) is 11.8 Å². The minimum Gasteiger partial charge on any atom is -0.326 e. The van der Waals surface area contributed by atoms with E-state index in [1.807, 2.05) is 27.7 Å². The topological polar surface area (TPSA) is 92.3 Å². The third-order valence-corrected chi connectivity index (χ3v) is 6.77. The van der Waals surface area contributed by atoms with E-state index in [0.29, 0.717) is 11.4 Å². The highest BCUT2D eigenvalue weighted by Crippen LogP contribution is 2.24. The Balaban J connectivity index is 2.14. The van der Waals surface area contributed by atoms with Crippen molar-refractivity contribution >= 4 is 33.0 Å². The number of carbonyl (C=O) groups excluding carboxylic acids is 2. The first-order chi connectivity index (χ1) is 13.7. The molecule has 0 bridgehead atoms. The summed E-state index contributed by atoms with van der Waals surface area (Å²) in [7, 11) is -3.70. The second-order valence-electron chi connectivity index (χ2n) is 7.15. The van der Waals surface area contributed by atoms with Crippen molar-refractivity contribution in [1.82, 2.24) is 0 Å². The van der Waals surface area contributed by atoms with Crippen molar-refractivity contribution in [1.29, 1.82) is 0 Å². The summed E-state index contributed by atoms with van der Waals surface area (Å²) >= 11 is 0. The number of anilines is 2. The second-order valence-corrected chi connectivity index (χ2v) is 9.10. The molecule has 7 heteroatoms. The van der Waals surface area contributed by atoms with E-state index in [9.17, 15) is 18.0 Å². The maximum atomic E-state index is 12.8. The molecule has 2 amide bonds. The Bertz CT molecular complexity index is 878. The van der Waals surface area contributed by atoms with Gasteiger partial charge < -0.3 is 10.6 Å². The minimum absolute atomic E-state index is 0.0989. The lowest BCUT2D eigenvalue weighted by Gasteiger charge is -2.12. The van der Waals surface area contributed by atoms with E-state index < -0.39 is 9.84 Å². The number of rotatable bonds is 8. The fourth-order valence-electron chi connectivity index (χ4n) is 2.47. The van der Waals surface area contributed by atoms with Crippen LogP contribution in [0.2, 0.25) is 0 Å². The molecule has 0 aliphatic rings. The van der Waals surface area contributed by atoms with Gasteiger partial charge in [0.15, 0.2) is 0 Å². The molecule has 0 radical (unpaired) electrons. The van der Waals surface area contributed by atoms with Crippen LogP contribution in [-0.4, -0.2) is 20.2 Å². The average molecular weight is 417 g/mol. The van der Waals surface area contributed by atoms with E-state index in [1.54, 1.807) is 24.3 Å².